The fraction of sp³-hybridized carbons (Fsp3) is 0.500. The van der Waals surface area contributed by atoms with E-state index in [2.05, 4.69) is 40.7 Å². The van der Waals surface area contributed by atoms with E-state index in [0.717, 1.165) is 54.1 Å². The number of nitrogens with zero attached hydrogens (tertiary/aromatic N) is 5. The number of nitrogens with one attached hydrogen (secondary N) is 1. The molecule has 2 fully saturated rings. The number of fused-ring (bicyclic) bond motifs is 3. The Morgan fingerprint density at radius 3 is 2.50 bits per heavy atom. The van der Waals surface area contributed by atoms with E-state index in [4.69, 9.17) is 35.8 Å². The molecule has 1 N–H and O–H groups in total. The first-order valence-electron chi connectivity index (χ1n) is 16.9. The third kappa shape index (κ3) is 8.12. The van der Waals surface area contributed by atoms with Gasteiger partial charge in [-0.25, -0.2) is 14.8 Å². The number of pyridine rings is 1. The van der Waals surface area contributed by atoms with Crippen LogP contribution in [0.5, 0.6) is 5.75 Å². The molecule has 0 aliphatic carbocycles. The molecule has 0 saturated carbocycles. The van der Waals surface area contributed by atoms with E-state index in [0.29, 0.717) is 36.5 Å². The molecule has 0 spiro atoms. The van der Waals surface area contributed by atoms with E-state index in [-0.39, 0.29) is 24.1 Å². The number of halogens is 1. The predicted molar refractivity (Wildman–Crippen MR) is 192 cm³/mol. The lowest BCUT2D eigenvalue weighted by atomic mass is 9.85. The van der Waals surface area contributed by atoms with E-state index < -0.39 is 13.7 Å². The summed E-state index contributed by atoms with van der Waals surface area (Å²) in [6, 6.07) is 12.7. The van der Waals surface area contributed by atoms with Gasteiger partial charge in [0.25, 0.3) is 0 Å². The Balaban J connectivity index is 1.27. The summed E-state index contributed by atoms with van der Waals surface area (Å²) in [7, 11) is -1.23. The third-order valence-electron chi connectivity index (χ3n) is 8.98. The van der Waals surface area contributed by atoms with Crippen molar-refractivity contribution < 1.29 is 19.0 Å². The third-order valence-corrected chi connectivity index (χ3v) is 11.0. The summed E-state index contributed by atoms with van der Waals surface area (Å²) in [5.74, 6) is 1.51. The molecular formula is C36H47ClN6O4Si. The highest BCUT2D eigenvalue weighted by atomic mass is 35.5. The van der Waals surface area contributed by atoms with E-state index in [1.807, 2.05) is 62.1 Å². The Hall–Kier alpha value is -3.67. The molecular weight excluding hydrogens is 644 g/mol. The van der Waals surface area contributed by atoms with Crippen molar-refractivity contribution in [2.24, 2.45) is 0 Å². The Labute approximate surface area is 289 Å². The van der Waals surface area contributed by atoms with Gasteiger partial charge in [-0.1, -0.05) is 37.3 Å². The highest BCUT2D eigenvalue weighted by Gasteiger charge is 2.46. The van der Waals surface area contributed by atoms with Crippen LogP contribution in [0.15, 0.2) is 55.1 Å². The lowest BCUT2D eigenvalue weighted by molar-refractivity contribution is 0.00587. The fourth-order valence-corrected chi connectivity index (χ4v) is 7.70. The number of hydrogen-bond donors (Lipinski definition) is 1. The molecule has 2 saturated heterocycles. The van der Waals surface area contributed by atoms with E-state index in [1.54, 1.807) is 12.5 Å². The summed E-state index contributed by atoms with van der Waals surface area (Å²) in [6.07, 6.45) is 8.98. The summed E-state index contributed by atoms with van der Waals surface area (Å²) in [6.45, 7) is 14.3. The molecule has 2 bridgehead atoms. The quantitative estimate of drug-likeness (QED) is 0.123. The number of piperidine rings is 1. The smallest absolute Gasteiger partial charge is 0.410 e. The molecule has 1 unspecified atom stereocenters. The van der Waals surface area contributed by atoms with Crippen molar-refractivity contribution in [3.8, 4) is 5.75 Å². The minimum Gasteiger partial charge on any atom is -0.486 e. The first-order valence-corrected chi connectivity index (χ1v) is 21.0. The highest BCUT2D eigenvalue weighted by molar-refractivity contribution is 6.76. The molecule has 2 aliphatic rings. The number of benzene rings is 1. The van der Waals surface area contributed by atoms with Crippen molar-refractivity contribution >= 4 is 48.3 Å². The van der Waals surface area contributed by atoms with Crippen LogP contribution in [0, 0.1) is 0 Å². The summed E-state index contributed by atoms with van der Waals surface area (Å²) < 4.78 is 20.1. The van der Waals surface area contributed by atoms with Crippen LogP contribution in [0.2, 0.25) is 30.7 Å². The minimum atomic E-state index is -1.23. The number of carbonyl (C=O) groups excluding carboxylic acids is 1. The van der Waals surface area contributed by atoms with E-state index in [1.165, 1.54) is 5.56 Å². The normalized spacial score (nSPS) is 19.5. The zero-order chi connectivity index (χ0) is 34.1. The molecule has 1 aromatic carbocycles. The second-order valence-electron chi connectivity index (χ2n) is 15.1. The Bertz CT molecular complexity index is 1720. The van der Waals surface area contributed by atoms with Crippen LogP contribution in [0.3, 0.4) is 0 Å². The van der Waals surface area contributed by atoms with Crippen LogP contribution < -0.4 is 10.1 Å². The van der Waals surface area contributed by atoms with Gasteiger partial charge in [-0.15, -0.1) is 0 Å². The average molecular weight is 691 g/mol. The summed E-state index contributed by atoms with van der Waals surface area (Å²) >= 11 is 6.68. The van der Waals surface area contributed by atoms with Gasteiger partial charge in [0.15, 0.2) is 0 Å². The summed E-state index contributed by atoms with van der Waals surface area (Å²) in [5.41, 5.74) is 3.07. The van der Waals surface area contributed by atoms with Crippen LogP contribution in [-0.4, -0.2) is 62.9 Å². The van der Waals surface area contributed by atoms with Gasteiger partial charge in [-0.2, -0.15) is 0 Å². The van der Waals surface area contributed by atoms with Gasteiger partial charge in [-0.3, -0.25) is 4.98 Å². The largest absolute Gasteiger partial charge is 0.486 e. The highest BCUT2D eigenvalue weighted by Crippen LogP contribution is 2.46. The number of rotatable bonds is 11. The molecule has 12 heteroatoms. The molecule has 10 nitrogen and oxygen atoms in total. The molecule has 256 valence electrons. The molecule has 2 aliphatic heterocycles. The van der Waals surface area contributed by atoms with Crippen molar-refractivity contribution in [1.29, 1.82) is 0 Å². The molecule has 48 heavy (non-hydrogen) atoms. The molecule has 6 rings (SSSR count). The number of hydrogen-bond acceptors (Lipinski definition) is 8. The first kappa shape index (κ1) is 34.2. The van der Waals surface area contributed by atoms with E-state index >= 15 is 0 Å². The van der Waals surface area contributed by atoms with Gasteiger partial charge in [0, 0.05) is 44.8 Å². The van der Waals surface area contributed by atoms with Crippen molar-refractivity contribution in [1.82, 2.24) is 24.4 Å². The summed E-state index contributed by atoms with van der Waals surface area (Å²) in [4.78, 5) is 29.0. The Kier molecular flexibility index (Phi) is 10.0. The number of amides is 1. The first-order chi connectivity index (χ1) is 22.8. The lowest BCUT2D eigenvalue weighted by Gasteiger charge is -2.39. The molecule has 4 aromatic rings. The van der Waals surface area contributed by atoms with Gasteiger partial charge >= 0.3 is 6.09 Å². The number of anilines is 2. The van der Waals surface area contributed by atoms with Crippen LogP contribution in [0.4, 0.5) is 16.3 Å². The van der Waals surface area contributed by atoms with Crippen LogP contribution in [-0.2, 0) is 22.8 Å². The maximum atomic E-state index is 13.2. The second kappa shape index (κ2) is 14.1. The molecule has 1 amide bonds. The lowest BCUT2D eigenvalue weighted by Crippen LogP contribution is -2.48. The molecule has 0 radical (unpaired) electrons. The van der Waals surface area contributed by atoms with E-state index in [9.17, 15) is 4.79 Å². The summed E-state index contributed by atoms with van der Waals surface area (Å²) in [5, 5.41) is 4.98. The van der Waals surface area contributed by atoms with Gasteiger partial charge in [-0.05, 0) is 94.3 Å². The predicted octanol–water partition coefficient (Wildman–Crippen LogP) is 8.76. The number of ether oxygens (including phenoxy) is 3. The van der Waals surface area contributed by atoms with Gasteiger partial charge in [0.05, 0.1) is 16.1 Å². The second-order valence-corrected chi connectivity index (χ2v) is 21.2. The Morgan fingerprint density at radius 2 is 1.83 bits per heavy atom. The van der Waals surface area contributed by atoms with Gasteiger partial charge < -0.3 is 29.0 Å². The molecule has 3 aromatic heterocycles. The van der Waals surface area contributed by atoms with Gasteiger partial charge in [0.2, 0.25) is 0 Å². The maximum Gasteiger partial charge on any atom is 0.410 e. The number of aromatic nitrogens is 4. The van der Waals surface area contributed by atoms with Crippen LogP contribution >= 0.6 is 11.6 Å². The number of carbonyl (C=O) groups is 1. The molecule has 3 atom stereocenters. The van der Waals surface area contributed by atoms with Gasteiger partial charge in [0.1, 0.15) is 42.5 Å². The molecule has 5 heterocycles. The standard InChI is InChI=1S/C36H47ClN6O4Si/c1-36(2,3)47-35(44)43-27-11-12-28(43)18-24(17-27)29-20-42(23-45-15-16-48(4,5)6)34-32(29)33(39-22-40-34)41-25-10-13-31(30(37)19-25)46-21-26-9-7-8-14-38-26/h7-10,13-14,19-20,22,24,27-28H,11-12,15-18,21,23H2,1-6H3,(H,39,40,41)/t24?,27-,28+. The van der Waals surface area contributed by atoms with Crippen molar-refractivity contribution in [2.45, 2.75) is 109 Å². The van der Waals surface area contributed by atoms with Crippen molar-refractivity contribution in [3.05, 3.63) is 71.4 Å². The maximum absolute atomic E-state index is 13.2. The minimum absolute atomic E-state index is 0.133. The zero-order valence-electron chi connectivity index (χ0n) is 28.8. The average Bonchev–Trinajstić information content (AvgIpc) is 3.53. The van der Waals surface area contributed by atoms with Crippen molar-refractivity contribution in [3.63, 3.8) is 0 Å². The van der Waals surface area contributed by atoms with Crippen LogP contribution in [0.1, 0.15) is 63.6 Å². The monoisotopic (exact) mass is 690 g/mol. The SMILES string of the molecule is CC(C)(C)OC(=O)N1[C@@H]2CC[C@H]1CC(c1cn(COCC[Si](C)(C)C)c3ncnc(Nc4ccc(OCc5ccccn5)c(Cl)c4)c13)C2. The van der Waals surface area contributed by atoms with Crippen molar-refractivity contribution in [2.75, 3.05) is 11.9 Å². The topological polar surface area (TPSA) is 104 Å². The zero-order valence-corrected chi connectivity index (χ0v) is 30.6. The fourth-order valence-electron chi connectivity index (χ4n) is 6.71. The Morgan fingerprint density at radius 1 is 1.06 bits per heavy atom. The van der Waals surface area contributed by atoms with Crippen LogP contribution in [0.25, 0.3) is 11.0 Å².